The van der Waals surface area contributed by atoms with E-state index >= 15 is 0 Å². The predicted molar refractivity (Wildman–Crippen MR) is 62.8 cm³/mol. The van der Waals surface area contributed by atoms with Crippen LogP contribution in [0, 0.1) is 0 Å². The van der Waals surface area contributed by atoms with Crippen LogP contribution in [0.15, 0.2) is 10.6 Å². The Bertz CT molecular complexity index is 445. The average Bonchev–Trinajstić information content (AvgIpc) is 2.75. The van der Waals surface area contributed by atoms with E-state index in [1.165, 1.54) is 6.42 Å². The van der Waals surface area contributed by atoms with E-state index in [0.717, 1.165) is 6.54 Å². The normalized spacial score (nSPS) is 17.4. The summed E-state index contributed by atoms with van der Waals surface area (Å²) in [6, 6.07) is 2.22. The summed E-state index contributed by atoms with van der Waals surface area (Å²) in [5, 5.41) is 14.1. The van der Waals surface area contributed by atoms with Crippen LogP contribution in [-0.2, 0) is 16.1 Å². The molecule has 2 heterocycles. The number of nitrogens with one attached hydrogen (secondary N) is 1. The van der Waals surface area contributed by atoms with Crippen LogP contribution in [0.3, 0.4) is 0 Å². The monoisotopic (exact) mass is 312 g/mol. The lowest BCUT2D eigenvalue weighted by Gasteiger charge is -2.26. The molecule has 0 radical (unpaired) electrons. The molecule has 0 aromatic carbocycles. The number of carboxylic acids is 1. The van der Waals surface area contributed by atoms with E-state index in [1.807, 2.05) is 0 Å². The largest absolute Gasteiger partial charge is 0.490 e. The van der Waals surface area contributed by atoms with E-state index in [4.69, 9.17) is 23.9 Å². The molecule has 10 heteroatoms. The Morgan fingerprint density at radius 3 is 2.67 bits per heavy atom. The van der Waals surface area contributed by atoms with Gasteiger partial charge in [-0.1, -0.05) is 0 Å². The van der Waals surface area contributed by atoms with Gasteiger partial charge in [0.05, 0.1) is 0 Å². The van der Waals surface area contributed by atoms with Gasteiger partial charge in [-0.05, 0) is 18.1 Å². The standard InChI is InChI=1S/C9H14N2O3.C2HF3O2/c1-12-6-8-4-9(11-14-8)13-5-7-2-3-10-7;3-2(4,5)1(6)7/h4,7,10H,2-3,5-6H2,1H3;(H,6,7)/t7-;/m0./s1. The van der Waals surface area contributed by atoms with Gasteiger partial charge in [0.2, 0.25) is 0 Å². The maximum atomic E-state index is 10.6. The summed E-state index contributed by atoms with van der Waals surface area (Å²) < 4.78 is 47.0. The minimum atomic E-state index is -5.08. The number of ether oxygens (including phenoxy) is 2. The van der Waals surface area contributed by atoms with Crippen LogP contribution in [0.1, 0.15) is 12.2 Å². The Hall–Kier alpha value is -1.81. The van der Waals surface area contributed by atoms with Gasteiger partial charge < -0.3 is 24.4 Å². The predicted octanol–water partition coefficient (Wildman–Crippen LogP) is 1.19. The molecule has 21 heavy (non-hydrogen) atoms. The molecule has 1 saturated heterocycles. The highest BCUT2D eigenvalue weighted by Crippen LogP contribution is 2.14. The minimum Gasteiger partial charge on any atom is -0.475 e. The Balaban J connectivity index is 0.000000270. The van der Waals surface area contributed by atoms with Gasteiger partial charge in [-0.15, -0.1) is 0 Å². The molecular formula is C11H15F3N2O5. The number of carbonyl (C=O) groups is 1. The van der Waals surface area contributed by atoms with Gasteiger partial charge in [-0.25, -0.2) is 4.79 Å². The van der Waals surface area contributed by atoms with E-state index < -0.39 is 12.1 Å². The Morgan fingerprint density at radius 1 is 1.62 bits per heavy atom. The molecule has 1 aliphatic heterocycles. The highest BCUT2D eigenvalue weighted by molar-refractivity contribution is 5.73. The van der Waals surface area contributed by atoms with Crippen molar-refractivity contribution in [3.63, 3.8) is 0 Å². The number of carboxylic acid groups (broad SMARTS) is 1. The lowest BCUT2D eigenvalue weighted by molar-refractivity contribution is -0.192. The van der Waals surface area contributed by atoms with Crippen molar-refractivity contribution in [1.29, 1.82) is 0 Å². The molecule has 0 unspecified atom stereocenters. The molecule has 1 fully saturated rings. The molecule has 0 saturated carbocycles. The van der Waals surface area contributed by atoms with Crippen molar-refractivity contribution in [2.75, 3.05) is 20.3 Å². The molecule has 1 aliphatic rings. The van der Waals surface area contributed by atoms with E-state index in [2.05, 4.69) is 10.5 Å². The molecule has 0 amide bonds. The molecule has 0 aliphatic carbocycles. The fourth-order valence-corrected chi connectivity index (χ4v) is 1.25. The van der Waals surface area contributed by atoms with Crippen molar-refractivity contribution in [3.8, 4) is 5.88 Å². The van der Waals surface area contributed by atoms with Crippen molar-refractivity contribution >= 4 is 5.97 Å². The van der Waals surface area contributed by atoms with Gasteiger partial charge in [0.25, 0.3) is 5.88 Å². The third-order valence-corrected chi connectivity index (χ3v) is 2.42. The summed E-state index contributed by atoms with van der Waals surface area (Å²) >= 11 is 0. The summed E-state index contributed by atoms with van der Waals surface area (Å²) in [7, 11) is 1.61. The van der Waals surface area contributed by atoms with Crippen molar-refractivity contribution in [2.45, 2.75) is 25.2 Å². The Kier molecular flexibility index (Phi) is 6.43. The highest BCUT2D eigenvalue weighted by Gasteiger charge is 2.38. The fraction of sp³-hybridized carbons (Fsp3) is 0.636. The van der Waals surface area contributed by atoms with Gasteiger partial charge in [0.1, 0.15) is 13.2 Å². The lowest BCUT2D eigenvalue weighted by Crippen LogP contribution is -2.46. The smallest absolute Gasteiger partial charge is 0.475 e. The number of aromatic nitrogens is 1. The van der Waals surface area contributed by atoms with Crippen LogP contribution in [0.25, 0.3) is 0 Å². The number of rotatable bonds is 5. The number of hydrogen-bond donors (Lipinski definition) is 2. The summed E-state index contributed by atoms with van der Waals surface area (Å²) in [4.78, 5) is 8.90. The second-order valence-corrected chi connectivity index (χ2v) is 4.12. The van der Waals surface area contributed by atoms with Crippen molar-refractivity contribution in [2.24, 2.45) is 0 Å². The first-order chi connectivity index (χ1) is 9.82. The van der Waals surface area contributed by atoms with Gasteiger partial charge in [0.15, 0.2) is 5.76 Å². The van der Waals surface area contributed by atoms with Gasteiger partial charge in [-0.2, -0.15) is 13.2 Å². The molecule has 7 nitrogen and oxygen atoms in total. The zero-order chi connectivity index (χ0) is 15.9. The second kappa shape index (κ2) is 7.84. The topological polar surface area (TPSA) is 93.8 Å². The van der Waals surface area contributed by atoms with Crippen LogP contribution >= 0.6 is 0 Å². The first kappa shape index (κ1) is 17.2. The van der Waals surface area contributed by atoms with Gasteiger partial charge >= 0.3 is 12.1 Å². The van der Waals surface area contributed by atoms with E-state index in [9.17, 15) is 13.2 Å². The lowest BCUT2D eigenvalue weighted by atomic mass is 10.1. The van der Waals surface area contributed by atoms with Crippen LogP contribution in [-0.4, -0.2) is 48.7 Å². The Labute approximate surface area is 118 Å². The van der Waals surface area contributed by atoms with E-state index in [-0.39, 0.29) is 0 Å². The molecule has 0 spiro atoms. The summed E-state index contributed by atoms with van der Waals surface area (Å²) in [6.45, 7) is 2.17. The number of aliphatic carboxylic acids is 1. The molecular weight excluding hydrogens is 297 g/mol. The number of halogens is 3. The number of hydrogen-bond acceptors (Lipinski definition) is 6. The fourth-order valence-electron chi connectivity index (χ4n) is 1.25. The summed E-state index contributed by atoms with van der Waals surface area (Å²) in [5.41, 5.74) is 0. The average molecular weight is 312 g/mol. The molecule has 1 atom stereocenters. The summed E-state index contributed by atoms with van der Waals surface area (Å²) in [5.74, 6) is -1.54. The minimum absolute atomic E-state index is 0.429. The van der Waals surface area contributed by atoms with Crippen LogP contribution in [0.4, 0.5) is 13.2 Å². The van der Waals surface area contributed by atoms with Crippen molar-refractivity contribution in [3.05, 3.63) is 11.8 Å². The molecule has 1 aromatic heterocycles. The van der Waals surface area contributed by atoms with Crippen molar-refractivity contribution < 1.29 is 37.1 Å². The first-order valence-electron chi connectivity index (χ1n) is 5.93. The molecule has 2 rings (SSSR count). The van der Waals surface area contributed by atoms with Crippen LogP contribution < -0.4 is 10.1 Å². The molecule has 120 valence electrons. The highest BCUT2D eigenvalue weighted by atomic mass is 19.4. The third-order valence-electron chi connectivity index (χ3n) is 2.42. The molecule has 0 bridgehead atoms. The van der Waals surface area contributed by atoms with Crippen LogP contribution in [0.2, 0.25) is 0 Å². The number of methoxy groups -OCH3 is 1. The SMILES string of the molecule is COCc1cc(OC[C@@H]2CCN2)no1.O=C(O)C(F)(F)F. The van der Waals surface area contributed by atoms with Gasteiger partial charge in [0, 0.05) is 19.2 Å². The Morgan fingerprint density at radius 2 is 2.24 bits per heavy atom. The quantitative estimate of drug-likeness (QED) is 0.843. The maximum Gasteiger partial charge on any atom is 0.490 e. The first-order valence-corrected chi connectivity index (χ1v) is 5.93. The molecule has 2 N–H and O–H groups in total. The zero-order valence-corrected chi connectivity index (χ0v) is 11.1. The second-order valence-electron chi connectivity index (χ2n) is 4.12. The number of nitrogens with zero attached hydrogens (tertiary/aromatic N) is 1. The van der Waals surface area contributed by atoms with Crippen molar-refractivity contribution in [1.82, 2.24) is 10.5 Å². The molecule has 1 aromatic rings. The van der Waals surface area contributed by atoms with Crippen LogP contribution in [0.5, 0.6) is 5.88 Å². The van der Waals surface area contributed by atoms with E-state index in [0.29, 0.717) is 30.9 Å². The van der Waals surface area contributed by atoms with E-state index in [1.54, 1.807) is 13.2 Å². The third kappa shape index (κ3) is 6.45. The number of alkyl halides is 3. The zero-order valence-electron chi connectivity index (χ0n) is 11.1. The maximum absolute atomic E-state index is 10.6. The summed E-state index contributed by atoms with van der Waals surface area (Å²) in [6.07, 6.45) is -3.91. The van der Waals surface area contributed by atoms with Gasteiger partial charge in [-0.3, -0.25) is 0 Å².